The summed E-state index contributed by atoms with van der Waals surface area (Å²) in [6.07, 6.45) is 12.9. The first-order valence-electron chi connectivity index (χ1n) is 8.16. The second-order valence-electron chi connectivity index (χ2n) is 7.36. The Balaban J connectivity index is 1.60. The summed E-state index contributed by atoms with van der Waals surface area (Å²) in [5.74, 6) is 0.225. The van der Waals surface area contributed by atoms with Crippen LogP contribution < -0.4 is 10.6 Å². The molecule has 2 atom stereocenters. The van der Waals surface area contributed by atoms with E-state index < -0.39 is 0 Å². The average molecular weight is 264 g/mol. The Morgan fingerprint density at radius 3 is 2.47 bits per heavy atom. The first-order valence-corrected chi connectivity index (χ1v) is 8.16. The van der Waals surface area contributed by atoms with E-state index in [-0.39, 0.29) is 11.4 Å². The zero-order valence-electron chi connectivity index (χ0n) is 12.3. The molecule has 3 aliphatic rings. The first-order chi connectivity index (χ1) is 9.12. The topological polar surface area (TPSA) is 41.1 Å². The van der Waals surface area contributed by atoms with Gasteiger partial charge in [-0.15, -0.1) is 0 Å². The standard InChI is InChI=1S/C16H28N2O/c1-15(11-7-14(19)18-15)12-17-13-6-2-3-8-16(13)9-4-5-10-16/h13,17H,2-12H2,1H3,(H,18,19). The normalized spacial score (nSPS) is 37.7. The summed E-state index contributed by atoms with van der Waals surface area (Å²) in [4.78, 5) is 11.4. The van der Waals surface area contributed by atoms with E-state index in [1.54, 1.807) is 0 Å². The van der Waals surface area contributed by atoms with Gasteiger partial charge in [0.25, 0.3) is 0 Å². The van der Waals surface area contributed by atoms with Crippen LogP contribution in [0.15, 0.2) is 0 Å². The van der Waals surface area contributed by atoms with Crippen molar-refractivity contribution in [3.8, 4) is 0 Å². The lowest BCUT2D eigenvalue weighted by molar-refractivity contribution is -0.119. The lowest BCUT2D eigenvalue weighted by atomic mass is 9.69. The molecule has 0 radical (unpaired) electrons. The largest absolute Gasteiger partial charge is 0.350 e. The molecule has 19 heavy (non-hydrogen) atoms. The highest BCUT2D eigenvalue weighted by Crippen LogP contribution is 2.49. The maximum Gasteiger partial charge on any atom is 0.220 e. The number of amides is 1. The van der Waals surface area contributed by atoms with Gasteiger partial charge in [-0.05, 0) is 44.4 Å². The summed E-state index contributed by atoms with van der Waals surface area (Å²) >= 11 is 0. The van der Waals surface area contributed by atoms with E-state index >= 15 is 0 Å². The molecule has 1 aliphatic heterocycles. The molecule has 0 aromatic carbocycles. The number of hydrogen-bond donors (Lipinski definition) is 2. The van der Waals surface area contributed by atoms with Crippen LogP contribution >= 0.6 is 0 Å². The van der Waals surface area contributed by atoms with E-state index in [0.29, 0.717) is 17.9 Å². The molecule has 108 valence electrons. The Morgan fingerprint density at radius 1 is 1.16 bits per heavy atom. The minimum absolute atomic E-state index is 0.00563. The molecule has 3 heteroatoms. The summed E-state index contributed by atoms with van der Waals surface area (Å²) in [7, 11) is 0. The summed E-state index contributed by atoms with van der Waals surface area (Å²) < 4.78 is 0. The van der Waals surface area contributed by atoms with Crippen LogP contribution in [0.2, 0.25) is 0 Å². The molecule has 3 fully saturated rings. The van der Waals surface area contributed by atoms with Gasteiger partial charge in [-0.1, -0.05) is 25.7 Å². The molecule has 1 heterocycles. The van der Waals surface area contributed by atoms with Gasteiger partial charge in [0.05, 0.1) is 5.54 Å². The molecule has 2 N–H and O–H groups in total. The van der Waals surface area contributed by atoms with E-state index in [9.17, 15) is 4.79 Å². The van der Waals surface area contributed by atoms with Crippen LogP contribution in [0.5, 0.6) is 0 Å². The Labute approximate surface area is 116 Å². The molecule has 2 saturated carbocycles. The second-order valence-corrected chi connectivity index (χ2v) is 7.36. The van der Waals surface area contributed by atoms with Crippen molar-refractivity contribution in [2.45, 2.75) is 82.7 Å². The number of rotatable bonds is 3. The Bertz CT molecular complexity index is 349. The first kappa shape index (κ1) is 13.4. The van der Waals surface area contributed by atoms with Crippen LogP contribution in [0.3, 0.4) is 0 Å². The van der Waals surface area contributed by atoms with Crippen molar-refractivity contribution in [3.05, 3.63) is 0 Å². The highest BCUT2D eigenvalue weighted by atomic mass is 16.2. The van der Waals surface area contributed by atoms with E-state index in [2.05, 4.69) is 17.6 Å². The second kappa shape index (κ2) is 5.08. The SMILES string of the molecule is CC1(CNC2CCCCC23CCCC3)CCC(=O)N1. The number of carbonyl (C=O) groups is 1. The van der Waals surface area contributed by atoms with Crippen LogP contribution in [0.1, 0.15) is 71.1 Å². The van der Waals surface area contributed by atoms with Crippen LogP contribution in [-0.4, -0.2) is 24.0 Å². The third-order valence-electron chi connectivity index (χ3n) is 5.84. The predicted octanol–water partition coefficient (Wildman–Crippen LogP) is 2.75. The van der Waals surface area contributed by atoms with Gasteiger partial charge in [0.1, 0.15) is 0 Å². The molecule has 0 aromatic rings. The Hall–Kier alpha value is -0.570. The molecule has 2 aliphatic carbocycles. The van der Waals surface area contributed by atoms with Crippen molar-refractivity contribution in [1.29, 1.82) is 0 Å². The maximum absolute atomic E-state index is 11.4. The van der Waals surface area contributed by atoms with Gasteiger partial charge in [0.15, 0.2) is 0 Å². The van der Waals surface area contributed by atoms with Crippen molar-refractivity contribution < 1.29 is 4.79 Å². The highest BCUT2D eigenvalue weighted by Gasteiger charge is 2.43. The van der Waals surface area contributed by atoms with Gasteiger partial charge >= 0.3 is 0 Å². The van der Waals surface area contributed by atoms with Crippen molar-refractivity contribution in [1.82, 2.24) is 10.6 Å². The van der Waals surface area contributed by atoms with Gasteiger partial charge in [-0.2, -0.15) is 0 Å². The zero-order chi connectivity index (χ0) is 13.3. The maximum atomic E-state index is 11.4. The van der Waals surface area contributed by atoms with Crippen LogP contribution in [-0.2, 0) is 4.79 Å². The zero-order valence-corrected chi connectivity index (χ0v) is 12.3. The molecule has 0 bridgehead atoms. The molecule has 1 spiro atoms. The van der Waals surface area contributed by atoms with E-state index in [1.807, 2.05) is 0 Å². The molecule has 1 saturated heterocycles. The molecule has 0 aromatic heterocycles. The smallest absolute Gasteiger partial charge is 0.220 e. The van der Waals surface area contributed by atoms with Crippen LogP contribution in [0.25, 0.3) is 0 Å². The summed E-state index contributed by atoms with van der Waals surface area (Å²) in [6.45, 7) is 3.14. The van der Waals surface area contributed by atoms with E-state index in [4.69, 9.17) is 0 Å². The van der Waals surface area contributed by atoms with Crippen molar-refractivity contribution >= 4 is 5.91 Å². The number of carbonyl (C=O) groups excluding carboxylic acids is 1. The molecular formula is C16H28N2O. The molecule has 1 amide bonds. The lowest BCUT2D eigenvalue weighted by Crippen LogP contribution is -2.54. The van der Waals surface area contributed by atoms with Gasteiger partial charge in [0, 0.05) is 19.0 Å². The summed E-state index contributed by atoms with van der Waals surface area (Å²) in [5, 5.41) is 6.99. The fourth-order valence-corrected chi connectivity index (χ4v) is 4.63. The number of hydrogen-bond acceptors (Lipinski definition) is 2. The van der Waals surface area contributed by atoms with Gasteiger partial charge in [-0.3, -0.25) is 4.79 Å². The van der Waals surface area contributed by atoms with Crippen molar-refractivity contribution in [2.75, 3.05) is 6.54 Å². The number of nitrogens with one attached hydrogen (secondary N) is 2. The van der Waals surface area contributed by atoms with Gasteiger partial charge in [0.2, 0.25) is 5.91 Å². The average Bonchev–Trinajstić information content (AvgIpc) is 2.98. The fraction of sp³-hybridized carbons (Fsp3) is 0.938. The minimum Gasteiger partial charge on any atom is -0.350 e. The van der Waals surface area contributed by atoms with Crippen molar-refractivity contribution in [3.63, 3.8) is 0 Å². The lowest BCUT2D eigenvalue weighted by Gasteiger charge is -2.43. The third kappa shape index (κ3) is 2.67. The minimum atomic E-state index is -0.00563. The van der Waals surface area contributed by atoms with E-state index in [0.717, 1.165) is 13.0 Å². The fourth-order valence-electron chi connectivity index (χ4n) is 4.63. The molecule has 3 nitrogen and oxygen atoms in total. The van der Waals surface area contributed by atoms with Gasteiger partial charge < -0.3 is 10.6 Å². The molecular weight excluding hydrogens is 236 g/mol. The third-order valence-corrected chi connectivity index (χ3v) is 5.84. The highest BCUT2D eigenvalue weighted by molar-refractivity contribution is 5.79. The Kier molecular flexibility index (Phi) is 3.59. The van der Waals surface area contributed by atoms with E-state index in [1.165, 1.54) is 51.4 Å². The molecule has 2 unspecified atom stereocenters. The van der Waals surface area contributed by atoms with Crippen LogP contribution in [0.4, 0.5) is 0 Å². The quantitative estimate of drug-likeness (QED) is 0.823. The Morgan fingerprint density at radius 2 is 1.84 bits per heavy atom. The van der Waals surface area contributed by atoms with Crippen molar-refractivity contribution in [2.24, 2.45) is 5.41 Å². The van der Waals surface area contributed by atoms with Gasteiger partial charge in [-0.25, -0.2) is 0 Å². The van der Waals surface area contributed by atoms with Crippen LogP contribution in [0, 0.1) is 5.41 Å². The molecule has 3 rings (SSSR count). The summed E-state index contributed by atoms with van der Waals surface area (Å²) in [6, 6.07) is 0.693. The summed E-state index contributed by atoms with van der Waals surface area (Å²) in [5.41, 5.74) is 0.589. The predicted molar refractivity (Wildman–Crippen MR) is 76.9 cm³/mol. The monoisotopic (exact) mass is 264 g/mol.